The fraction of sp³-hybridized carbons (Fsp3) is 0.619. The minimum absolute atomic E-state index is 0.0528. The van der Waals surface area contributed by atoms with Crippen LogP contribution < -0.4 is 5.32 Å². The quantitative estimate of drug-likeness (QED) is 0.777. The summed E-state index contributed by atoms with van der Waals surface area (Å²) in [7, 11) is 0. The average Bonchev–Trinajstić information content (AvgIpc) is 3.34. The number of aliphatic carboxylic acids is 1. The number of carboxylic acid groups (broad SMARTS) is 1. The molecule has 28 heavy (non-hydrogen) atoms. The predicted octanol–water partition coefficient (Wildman–Crippen LogP) is 2.86. The van der Waals surface area contributed by atoms with Crippen LogP contribution in [-0.4, -0.2) is 49.2 Å². The minimum Gasteiger partial charge on any atom is -0.478 e. The average molecular weight is 389 g/mol. The predicted molar refractivity (Wildman–Crippen MR) is 102 cm³/mol. The van der Waals surface area contributed by atoms with Gasteiger partial charge in [-0.05, 0) is 73.6 Å². The zero-order valence-electron chi connectivity index (χ0n) is 16.0. The molecule has 0 saturated carbocycles. The van der Waals surface area contributed by atoms with Crippen LogP contribution in [0.1, 0.15) is 47.9 Å². The molecule has 2 N–H and O–H groups in total. The van der Waals surface area contributed by atoms with Gasteiger partial charge in [0.25, 0.3) is 0 Å². The number of carboxylic acids is 1. The molecule has 0 unspecified atom stereocenters. The van der Waals surface area contributed by atoms with Crippen molar-refractivity contribution >= 4 is 17.7 Å². The number of hydrogen-bond acceptors (Lipinski definition) is 5. The Morgan fingerprint density at radius 3 is 2.36 bits per heavy atom. The highest BCUT2D eigenvalue weighted by atomic mass is 16.6. The van der Waals surface area contributed by atoms with E-state index in [4.69, 9.17) is 14.2 Å². The third-order valence-corrected chi connectivity index (χ3v) is 5.88. The van der Waals surface area contributed by atoms with Crippen molar-refractivity contribution in [1.82, 2.24) is 0 Å². The number of carbonyl (C=O) groups excluding carboxylic acids is 1. The van der Waals surface area contributed by atoms with Crippen molar-refractivity contribution in [1.29, 1.82) is 0 Å². The van der Waals surface area contributed by atoms with Gasteiger partial charge >= 0.3 is 12.1 Å². The first kappa shape index (κ1) is 19.2. The van der Waals surface area contributed by atoms with Gasteiger partial charge in [0.15, 0.2) is 0 Å². The molecule has 1 aromatic carbocycles. The molecule has 7 nitrogen and oxygen atoms in total. The first-order chi connectivity index (χ1) is 13.6. The van der Waals surface area contributed by atoms with E-state index in [0.29, 0.717) is 13.2 Å². The number of benzene rings is 1. The molecule has 2 aliphatic carbocycles. The van der Waals surface area contributed by atoms with E-state index >= 15 is 0 Å². The maximum atomic E-state index is 12.5. The number of ether oxygens (including phenoxy) is 3. The van der Waals surface area contributed by atoms with Gasteiger partial charge in [-0.1, -0.05) is 6.07 Å². The largest absolute Gasteiger partial charge is 0.478 e. The van der Waals surface area contributed by atoms with Crippen LogP contribution in [0.2, 0.25) is 0 Å². The molecule has 1 fully saturated rings. The lowest BCUT2D eigenvalue weighted by Crippen LogP contribution is -2.36. The Bertz CT molecular complexity index is 724. The van der Waals surface area contributed by atoms with Gasteiger partial charge in [0.1, 0.15) is 0 Å². The molecule has 0 aromatic heterocycles. The van der Waals surface area contributed by atoms with Gasteiger partial charge in [0, 0.05) is 13.2 Å². The van der Waals surface area contributed by atoms with Crippen molar-refractivity contribution in [2.75, 3.05) is 25.1 Å². The molecule has 1 aliphatic heterocycles. The van der Waals surface area contributed by atoms with E-state index in [1.807, 2.05) is 0 Å². The van der Waals surface area contributed by atoms with Gasteiger partial charge in [-0.3, -0.25) is 5.32 Å². The number of amides is 1. The van der Waals surface area contributed by atoms with Crippen LogP contribution in [0.3, 0.4) is 0 Å². The van der Waals surface area contributed by atoms with Crippen LogP contribution in [0.5, 0.6) is 0 Å². The van der Waals surface area contributed by atoms with E-state index in [1.54, 1.807) is 0 Å². The second kappa shape index (κ2) is 8.49. The highest BCUT2D eigenvalue weighted by Gasteiger charge is 2.28. The van der Waals surface area contributed by atoms with Crippen molar-refractivity contribution in [3.8, 4) is 0 Å². The lowest BCUT2D eigenvalue weighted by Gasteiger charge is -2.24. The summed E-state index contributed by atoms with van der Waals surface area (Å²) in [5.41, 5.74) is 5.81. The van der Waals surface area contributed by atoms with Gasteiger partial charge in [0.2, 0.25) is 6.10 Å². The SMILES string of the molecule is O=C(Nc1c2c(cc3c1CCC3)CCC2)O[C@H](COC1CCOCC1)C(=O)O. The summed E-state index contributed by atoms with van der Waals surface area (Å²) in [6.07, 6.45) is 5.44. The number of rotatable bonds is 6. The van der Waals surface area contributed by atoms with Gasteiger partial charge in [0.05, 0.1) is 18.4 Å². The van der Waals surface area contributed by atoms with Crippen LogP contribution in [0.15, 0.2) is 6.07 Å². The summed E-state index contributed by atoms with van der Waals surface area (Å²) in [4.78, 5) is 24.0. The molecule has 152 valence electrons. The van der Waals surface area contributed by atoms with Crippen LogP contribution in [0.4, 0.5) is 10.5 Å². The van der Waals surface area contributed by atoms with Gasteiger partial charge in [-0.15, -0.1) is 0 Å². The molecule has 0 radical (unpaired) electrons. The Hall–Kier alpha value is -2.12. The summed E-state index contributed by atoms with van der Waals surface area (Å²) in [6.45, 7) is 1.06. The third-order valence-electron chi connectivity index (χ3n) is 5.88. The molecule has 1 aromatic rings. The maximum absolute atomic E-state index is 12.5. The molecular formula is C21H27NO6. The number of hydrogen-bond donors (Lipinski definition) is 2. The lowest BCUT2D eigenvalue weighted by atomic mass is 9.99. The molecule has 4 rings (SSSR count). The van der Waals surface area contributed by atoms with Gasteiger partial charge < -0.3 is 19.3 Å². The van der Waals surface area contributed by atoms with Crippen LogP contribution in [0, 0.1) is 0 Å². The molecule has 1 heterocycles. The summed E-state index contributed by atoms with van der Waals surface area (Å²) in [5, 5.41) is 12.3. The zero-order valence-corrected chi connectivity index (χ0v) is 16.0. The monoisotopic (exact) mass is 389 g/mol. The molecular weight excluding hydrogens is 362 g/mol. The highest BCUT2D eigenvalue weighted by Crippen LogP contribution is 2.38. The Kier molecular flexibility index (Phi) is 5.82. The molecule has 1 atom stereocenters. The molecule has 1 saturated heterocycles. The number of aryl methyl sites for hydroxylation is 2. The van der Waals surface area contributed by atoms with Crippen molar-refractivity contribution in [3.05, 3.63) is 28.3 Å². The second-order valence-electron chi connectivity index (χ2n) is 7.74. The normalized spacial score (nSPS) is 19.7. The third kappa shape index (κ3) is 4.15. The van der Waals surface area contributed by atoms with Crippen molar-refractivity contribution in [2.24, 2.45) is 0 Å². The fourth-order valence-corrected chi connectivity index (χ4v) is 4.45. The summed E-state index contributed by atoms with van der Waals surface area (Å²) in [6, 6.07) is 2.28. The Balaban J connectivity index is 1.41. The van der Waals surface area contributed by atoms with Crippen LogP contribution >= 0.6 is 0 Å². The summed E-state index contributed by atoms with van der Waals surface area (Å²) >= 11 is 0. The minimum atomic E-state index is -1.33. The fourth-order valence-electron chi connectivity index (χ4n) is 4.45. The molecule has 7 heteroatoms. The Morgan fingerprint density at radius 2 is 1.75 bits per heavy atom. The van der Waals surface area contributed by atoms with E-state index in [-0.39, 0.29) is 12.7 Å². The number of anilines is 1. The van der Waals surface area contributed by atoms with E-state index in [1.165, 1.54) is 22.3 Å². The first-order valence-electron chi connectivity index (χ1n) is 10.2. The number of carbonyl (C=O) groups is 2. The zero-order chi connectivity index (χ0) is 19.5. The molecule has 0 bridgehead atoms. The summed E-state index contributed by atoms with van der Waals surface area (Å²) in [5.74, 6) is -1.20. The highest BCUT2D eigenvalue weighted by molar-refractivity contribution is 5.90. The van der Waals surface area contributed by atoms with Crippen LogP contribution in [-0.2, 0) is 44.7 Å². The van der Waals surface area contributed by atoms with E-state index < -0.39 is 18.2 Å². The molecule has 1 amide bonds. The van der Waals surface area contributed by atoms with E-state index in [0.717, 1.165) is 57.1 Å². The van der Waals surface area contributed by atoms with Crippen molar-refractivity contribution in [2.45, 2.75) is 63.6 Å². The topological polar surface area (TPSA) is 94.1 Å². The summed E-state index contributed by atoms with van der Waals surface area (Å²) < 4.78 is 16.1. The Morgan fingerprint density at radius 1 is 1.11 bits per heavy atom. The first-order valence-corrected chi connectivity index (χ1v) is 10.2. The standard InChI is InChI=1S/C21H27NO6/c23-20(24)18(12-27-15-7-9-26-10-8-15)28-21(25)22-19-16-5-1-3-13(16)11-14-4-2-6-17(14)19/h11,15,18H,1-10,12H2,(H,22,25)(H,23,24)/t18-/m1/s1. The van der Waals surface area contributed by atoms with E-state index in [2.05, 4.69) is 11.4 Å². The smallest absolute Gasteiger partial charge is 0.412 e. The van der Waals surface area contributed by atoms with Gasteiger partial charge in [-0.25, -0.2) is 9.59 Å². The van der Waals surface area contributed by atoms with Gasteiger partial charge in [-0.2, -0.15) is 0 Å². The maximum Gasteiger partial charge on any atom is 0.412 e. The second-order valence-corrected chi connectivity index (χ2v) is 7.74. The Labute approximate surface area is 164 Å². The van der Waals surface area contributed by atoms with E-state index in [9.17, 15) is 14.7 Å². The lowest BCUT2D eigenvalue weighted by molar-refractivity contribution is -0.152. The number of fused-ring (bicyclic) bond motifs is 2. The van der Waals surface area contributed by atoms with Crippen LogP contribution in [0.25, 0.3) is 0 Å². The molecule has 3 aliphatic rings. The molecule has 0 spiro atoms. The van der Waals surface area contributed by atoms with Crippen molar-refractivity contribution in [3.63, 3.8) is 0 Å². The van der Waals surface area contributed by atoms with Crippen molar-refractivity contribution < 1.29 is 28.9 Å². The number of nitrogens with one attached hydrogen (secondary N) is 1.